The molecule has 0 bridgehead atoms. The Morgan fingerprint density at radius 2 is 2.11 bits per heavy atom. The van der Waals surface area contributed by atoms with Crippen molar-refractivity contribution in [1.82, 2.24) is 15.6 Å². The number of benzene rings is 1. The van der Waals surface area contributed by atoms with Crippen molar-refractivity contribution in [3.8, 4) is 0 Å². The van der Waals surface area contributed by atoms with Gasteiger partial charge in [-0.25, -0.2) is 9.98 Å². The number of amides is 1. The van der Waals surface area contributed by atoms with Gasteiger partial charge in [0.2, 0.25) is 5.91 Å². The van der Waals surface area contributed by atoms with Crippen molar-refractivity contribution in [1.29, 1.82) is 0 Å². The van der Waals surface area contributed by atoms with Crippen LogP contribution in [0.5, 0.6) is 0 Å². The van der Waals surface area contributed by atoms with E-state index in [0.717, 1.165) is 22.3 Å². The first-order valence-electron chi connectivity index (χ1n) is 8.22. The quantitative estimate of drug-likeness (QED) is 0.493. The lowest BCUT2D eigenvalue weighted by molar-refractivity contribution is -0.140. The Bertz CT molecular complexity index is 804. The smallest absolute Gasteiger partial charge is 0.366 e. The molecule has 27 heavy (non-hydrogen) atoms. The van der Waals surface area contributed by atoms with Crippen LogP contribution in [0.25, 0.3) is 0 Å². The second-order valence-electron chi connectivity index (χ2n) is 5.56. The first-order valence-corrected chi connectivity index (χ1v) is 9.10. The number of halogens is 3. The van der Waals surface area contributed by atoms with E-state index >= 15 is 0 Å². The highest BCUT2D eigenvalue weighted by Crippen LogP contribution is 2.29. The molecule has 0 aliphatic carbocycles. The molecule has 0 unspecified atom stereocenters. The summed E-state index contributed by atoms with van der Waals surface area (Å²) in [6.45, 7) is 3.24. The van der Waals surface area contributed by atoms with Crippen LogP contribution in [0.2, 0.25) is 0 Å². The van der Waals surface area contributed by atoms with Crippen LogP contribution >= 0.6 is 11.3 Å². The second-order valence-corrected chi connectivity index (χ2v) is 6.50. The number of carbonyl (C=O) groups excluding carboxylic acids is 1. The highest BCUT2D eigenvalue weighted by Gasteiger charge is 2.33. The molecule has 146 valence electrons. The summed E-state index contributed by atoms with van der Waals surface area (Å²) in [5.74, 6) is 0.0158. The Hall–Kier alpha value is -2.62. The van der Waals surface area contributed by atoms with Crippen molar-refractivity contribution in [3.63, 3.8) is 0 Å². The third-order valence-corrected chi connectivity index (χ3v) is 4.36. The molecular weight excluding hydrogens is 379 g/mol. The monoisotopic (exact) mass is 399 g/mol. The van der Waals surface area contributed by atoms with Gasteiger partial charge < -0.3 is 16.4 Å². The predicted octanol–water partition coefficient (Wildman–Crippen LogP) is 2.56. The first-order chi connectivity index (χ1) is 12.8. The minimum absolute atomic E-state index is 0.325. The number of guanidine groups is 1. The van der Waals surface area contributed by atoms with Crippen LogP contribution in [0.1, 0.15) is 33.5 Å². The molecule has 4 N–H and O–H groups in total. The summed E-state index contributed by atoms with van der Waals surface area (Å²) in [5, 5.41) is 7.53. The van der Waals surface area contributed by atoms with Crippen LogP contribution in [0.15, 0.2) is 34.6 Å². The van der Waals surface area contributed by atoms with Crippen molar-refractivity contribution in [2.24, 2.45) is 10.7 Å². The van der Waals surface area contributed by atoms with Crippen LogP contribution in [0.4, 0.5) is 13.2 Å². The summed E-state index contributed by atoms with van der Waals surface area (Å²) in [7, 11) is 0. The molecule has 0 spiro atoms. The first kappa shape index (κ1) is 20.7. The molecule has 0 fully saturated rings. The number of aromatic nitrogens is 1. The maximum atomic E-state index is 12.6. The Kier molecular flexibility index (Phi) is 7.17. The molecule has 2 rings (SSSR count). The minimum Gasteiger partial charge on any atom is -0.366 e. The van der Waals surface area contributed by atoms with Gasteiger partial charge in [0.25, 0.3) is 0 Å². The van der Waals surface area contributed by atoms with Crippen LogP contribution in [-0.2, 0) is 19.1 Å². The largest absolute Gasteiger partial charge is 0.434 e. The summed E-state index contributed by atoms with van der Waals surface area (Å²) in [6, 6.07) is 6.85. The van der Waals surface area contributed by atoms with E-state index < -0.39 is 17.8 Å². The number of rotatable bonds is 7. The Balaban J connectivity index is 1.93. The van der Waals surface area contributed by atoms with Gasteiger partial charge in [0.1, 0.15) is 0 Å². The average Bonchev–Trinajstić information content (AvgIpc) is 3.09. The molecule has 1 aromatic carbocycles. The third kappa shape index (κ3) is 6.55. The summed E-state index contributed by atoms with van der Waals surface area (Å²) in [6.07, 6.45) is -4.07. The third-order valence-electron chi connectivity index (χ3n) is 3.45. The molecule has 0 radical (unpaired) electrons. The van der Waals surface area contributed by atoms with Crippen LogP contribution in [0, 0.1) is 0 Å². The number of hydrogen-bond acceptors (Lipinski definition) is 4. The molecule has 0 saturated heterocycles. The predicted molar refractivity (Wildman–Crippen MR) is 98.6 cm³/mol. The molecule has 1 heterocycles. The molecule has 1 amide bonds. The van der Waals surface area contributed by atoms with E-state index in [1.807, 2.05) is 13.0 Å². The fraction of sp³-hybridized carbons (Fsp3) is 0.353. The maximum Gasteiger partial charge on any atom is 0.434 e. The number of primary amides is 1. The molecule has 0 atom stereocenters. The molecule has 2 aromatic rings. The lowest BCUT2D eigenvalue weighted by Crippen LogP contribution is -2.38. The van der Waals surface area contributed by atoms with Gasteiger partial charge in [-0.05, 0) is 24.6 Å². The normalized spacial score (nSPS) is 12.1. The number of nitrogens with one attached hydrogen (secondary N) is 2. The average molecular weight is 399 g/mol. The van der Waals surface area contributed by atoms with Gasteiger partial charge in [0.05, 0.1) is 11.6 Å². The van der Waals surface area contributed by atoms with Gasteiger partial charge in [0, 0.05) is 30.5 Å². The standard InChI is InChI=1S/C17H20F3N5OS/c1-2-22-16(24-9-11-4-3-5-12(8-11)15(21)26)23-7-6-14-25-13(10-27-14)17(18,19)20/h3-5,8,10H,2,6-7,9H2,1H3,(H2,21,26)(H2,22,23,24). The van der Waals surface area contributed by atoms with E-state index in [9.17, 15) is 18.0 Å². The van der Waals surface area contributed by atoms with Crippen molar-refractivity contribution < 1.29 is 18.0 Å². The van der Waals surface area contributed by atoms with Gasteiger partial charge in [0.15, 0.2) is 11.7 Å². The van der Waals surface area contributed by atoms with Crippen LogP contribution < -0.4 is 16.4 Å². The van der Waals surface area contributed by atoms with E-state index in [0.29, 0.717) is 42.6 Å². The number of nitrogens with zero attached hydrogens (tertiary/aromatic N) is 2. The van der Waals surface area contributed by atoms with Crippen molar-refractivity contribution in [2.75, 3.05) is 13.1 Å². The Labute approximate surface area is 158 Å². The van der Waals surface area contributed by atoms with Gasteiger partial charge in [-0.15, -0.1) is 11.3 Å². The molecule has 10 heteroatoms. The van der Waals surface area contributed by atoms with Gasteiger partial charge in [-0.1, -0.05) is 12.1 Å². The van der Waals surface area contributed by atoms with Crippen molar-refractivity contribution in [3.05, 3.63) is 51.5 Å². The number of carbonyl (C=O) groups is 1. The van der Waals surface area contributed by atoms with E-state index in [4.69, 9.17) is 5.73 Å². The number of aliphatic imine (C=N–C) groups is 1. The zero-order valence-electron chi connectivity index (χ0n) is 14.6. The Morgan fingerprint density at radius 3 is 2.74 bits per heavy atom. The maximum absolute atomic E-state index is 12.6. The Morgan fingerprint density at radius 1 is 1.33 bits per heavy atom. The lowest BCUT2D eigenvalue weighted by Gasteiger charge is -2.11. The summed E-state index contributed by atoms with van der Waals surface area (Å²) >= 11 is 0.981. The van der Waals surface area contributed by atoms with E-state index in [2.05, 4.69) is 20.6 Å². The number of hydrogen-bond donors (Lipinski definition) is 3. The van der Waals surface area contributed by atoms with Crippen LogP contribution in [-0.4, -0.2) is 29.9 Å². The van der Waals surface area contributed by atoms with Crippen molar-refractivity contribution in [2.45, 2.75) is 26.1 Å². The van der Waals surface area contributed by atoms with Gasteiger partial charge >= 0.3 is 6.18 Å². The number of thiazole rings is 1. The summed E-state index contributed by atoms with van der Waals surface area (Å²) in [5.41, 5.74) is 5.62. The summed E-state index contributed by atoms with van der Waals surface area (Å²) in [4.78, 5) is 19.2. The summed E-state index contributed by atoms with van der Waals surface area (Å²) < 4.78 is 37.7. The topological polar surface area (TPSA) is 92.4 Å². The fourth-order valence-corrected chi connectivity index (χ4v) is 2.98. The molecule has 6 nitrogen and oxygen atoms in total. The molecule has 0 aliphatic heterocycles. The SMILES string of the molecule is CCNC(=NCc1cccc(C(N)=O)c1)NCCc1nc(C(F)(F)F)cs1. The molecular formula is C17H20F3N5OS. The van der Waals surface area contributed by atoms with Gasteiger partial charge in [-0.3, -0.25) is 4.79 Å². The highest BCUT2D eigenvalue weighted by atomic mass is 32.1. The fourth-order valence-electron chi connectivity index (χ4n) is 2.18. The molecule has 0 saturated carbocycles. The van der Waals surface area contributed by atoms with Crippen LogP contribution in [0.3, 0.4) is 0 Å². The number of nitrogens with two attached hydrogens (primary N) is 1. The zero-order valence-corrected chi connectivity index (χ0v) is 15.5. The van der Waals surface area contributed by atoms with E-state index in [1.165, 1.54) is 0 Å². The highest BCUT2D eigenvalue weighted by molar-refractivity contribution is 7.09. The molecule has 0 aliphatic rings. The lowest BCUT2D eigenvalue weighted by atomic mass is 10.1. The molecule has 1 aromatic heterocycles. The van der Waals surface area contributed by atoms with Gasteiger partial charge in [-0.2, -0.15) is 13.2 Å². The number of alkyl halides is 3. The second kappa shape index (κ2) is 9.36. The zero-order chi connectivity index (χ0) is 19.9. The van der Waals surface area contributed by atoms with E-state index in [1.54, 1.807) is 18.2 Å². The van der Waals surface area contributed by atoms with E-state index in [-0.39, 0.29) is 0 Å². The van der Waals surface area contributed by atoms with Crippen molar-refractivity contribution >= 4 is 23.2 Å². The minimum atomic E-state index is -4.42.